The predicted molar refractivity (Wildman–Crippen MR) is 53.7 cm³/mol. The number of aliphatic hydroxyl groups is 1. The first-order valence-electron chi connectivity index (χ1n) is 4.78. The third kappa shape index (κ3) is 1.42. The summed E-state index contributed by atoms with van der Waals surface area (Å²) in [4.78, 5) is 35.5. The number of rotatable bonds is 2. The number of nitrogens with zero attached hydrogens (tertiary/aromatic N) is 1. The van der Waals surface area contributed by atoms with Crippen molar-refractivity contribution in [2.45, 2.75) is 6.42 Å². The summed E-state index contributed by atoms with van der Waals surface area (Å²) in [5.74, 6) is -1.90. The van der Waals surface area contributed by atoms with E-state index in [0.717, 1.165) is 0 Å². The van der Waals surface area contributed by atoms with Gasteiger partial charge in [-0.2, -0.15) is 0 Å². The Labute approximate surface area is 91.3 Å². The van der Waals surface area contributed by atoms with Crippen molar-refractivity contribution in [2.24, 2.45) is 0 Å². The number of imide groups is 3. The van der Waals surface area contributed by atoms with E-state index in [9.17, 15) is 14.4 Å². The first-order valence-corrected chi connectivity index (χ1v) is 4.78. The average Bonchev–Trinajstić information content (AvgIpc) is 2.53. The van der Waals surface area contributed by atoms with E-state index >= 15 is 0 Å². The lowest BCUT2D eigenvalue weighted by molar-refractivity contribution is -0.126. The Hall–Kier alpha value is -2.01. The molecule has 0 saturated carbocycles. The van der Waals surface area contributed by atoms with Crippen molar-refractivity contribution in [1.82, 2.24) is 4.90 Å². The van der Waals surface area contributed by atoms with E-state index in [-0.39, 0.29) is 24.2 Å². The Balaban J connectivity index is 2.39. The third-order valence-electron chi connectivity index (χ3n) is 2.37. The summed E-state index contributed by atoms with van der Waals surface area (Å²) in [5.41, 5.74) is 0.470. The minimum atomic E-state index is -0.672. The van der Waals surface area contributed by atoms with Crippen LogP contribution in [-0.2, 0) is 4.79 Å². The minimum Gasteiger partial charge on any atom is -0.396 e. The number of amides is 3. The quantitative estimate of drug-likeness (QED) is 0.720. The van der Waals surface area contributed by atoms with Crippen molar-refractivity contribution in [3.8, 4) is 0 Å². The van der Waals surface area contributed by atoms with Gasteiger partial charge >= 0.3 is 0 Å². The van der Waals surface area contributed by atoms with Gasteiger partial charge in [-0.1, -0.05) is 12.1 Å². The molecule has 2 rings (SSSR count). The van der Waals surface area contributed by atoms with Crippen molar-refractivity contribution >= 4 is 17.7 Å². The fourth-order valence-corrected chi connectivity index (χ4v) is 1.62. The molecule has 0 bridgehead atoms. The number of hydrogen-bond acceptors (Lipinski definition) is 4. The van der Waals surface area contributed by atoms with Crippen molar-refractivity contribution < 1.29 is 19.5 Å². The molecule has 0 aromatic heterocycles. The lowest BCUT2D eigenvalue weighted by Gasteiger charge is -2.10. The van der Waals surface area contributed by atoms with E-state index in [2.05, 4.69) is 0 Å². The zero-order valence-electron chi connectivity index (χ0n) is 8.34. The molecular weight excluding hydrogens is 210 g/mol. The van der Waals surface area contributed by atoms with Gasteiger partial charge in [-0.15, -0.1) is 0 Å². The smallest absolute Gasteiger partial charge is 0.268 e. The number of benzene rings is 1. The van der Waals surface area contributed by atoms with E-state index in [1.54, 1.807) is 12.1 Å². The van der Waals surface area contributed by atoms with Crippen LogP contribution in [-0.4, -0.2) is 34.3 Å². The third-order valence-corrected chi connectivity index (χ3v) is 2.37. The SMILES string of the molecule is O=C(CCO)N1C(=O)c2ccccc2C1=O. The van der Waals surface area contributed by atoms with Crippen LogP contribution >= 0.6 is 0 Å². The fraction of sp³-hybridized carbons (Fsp3) is 0.182. The van der Waals surface area contributed by atoms with Crippen LogP contribution in [0.25, 0.3) is 0 Å². The maximum absolute atomic E-state index is 11.7. The molecule has 0 atom stereocenters. The molecule has 0 spiro atoms. The summed E-state index contributed by atoms with van der Waals surface area (Å²) >= 11 is 0. The van der Waals surface area contributed by atoms with Crippen molar-refractivity contribution in [2.75, 3.05) is 6.61 Å². The summed E-state index contributed by atoms with van der Waals surface area (Å²) in [6.45, 7) is -0.383. The van der Waals surface area contributed by atoms with Crippen LogP contribution in [0.1, 0.15) is 27.1 Å². The van der Waals surface area contributed by atoms with Crippen molar-refractivity contribution in [3.63, 3.8) is 0 Å². The van der Waals surface area contributed by atoms with Crippen LogP contribution in [0.3, 0.4) is 0 Å². The molecule has 0 radical (unpaired) electrons. The van der Waals surface area contributed by atoms with Crippen LogP contribution in [0.5, 0.6) is 0 Å². The Morgan fingerprint density at radius 3 is 2.06 bits per heavy atom. The fourth-order valence-electron chi connectivity index (χ4n) is 1.62. The molecule has 1 aliphatic heterocycles. The van der Waals surface area contributed by atoms with Gasteiger partial charge in [-0.3, -0.25) is 14.4 Å². The lowest BCUT2D eigenvalue weighted by atomic mass is 10.1. The second-order valence-corrected chi connectivity index (χ2v) is 3.36. The van der Waals surface area contributed by atoms with Crippen molar-refractivity contribution in [3.05, 3.63) is 35.4 Å². The molecule has 1 aromatic carbocycles. The van der Waals surface area contributed by atoms with Gasteiger partial charge in [0.05, 0.1) is 24.2 Å². The van der Waals surface area contributed by atoms with Crippen LogP contribution in [0.2, 0.25) is 0 Å². The highest BCUT2D eigenvalue weighted by Gasteiger charge is 2.38. The number of hydrogen-bond donors (Lipinski definition) is 1. The zero-order chi connectivity index (χ0) is 11.7. The predicted octanol–water partition coefficient (Wildman–Crippen LogP) is 0.192. The maximum Gasteiger partial charge on any atom is 0.268 e. The second kappa shape index (κ2) is 3.86. The summed E-state index contributed by atoms with van der Waals surface area (Å²) in [6.07, 6.45) is -0.231. The van der Waals surface area contributed by atoms with E-state index < -0.39 is 17.7 Å². The first kappa shape index (κ1) is 10.5. The van der Waals surface area contributed by atoms with Gasteiger partial charge in [-0.25, -0.2) is 4.90 Å². The van der Waals surface area contributed by atoms with Crippen LogP contribution in [0, 0.1) is 0 Å². The molecule has 16 heavy (non-hydrogen) atoms. The zero-order valence-corrected chi connectivity index (χ0v) is 8.34. The van der Waals surface area contributed by atoms with Gasteiger partial charge < -0.3 is 5.11 Å². The highest BCUT2D eigenvalue weighted by molar-refractivity contribution is 6.28. The van der Waals surface area contributed by atoms with Gasteiger partial charge in [0, 0.05) is 0 Å². The summed E-state index contributed by atoms with van der Waals surface area (Å²) in [6, 6.07) is 6.26. The topological polar surface area (TPSA) is 74.7 Å². The molecule has 5 nitrogen and oxygen atoms in total. The normalized spacial score (nSPS) is 14.2. The maximum atomic E-state index is 11.7. The number of fused-ring (bicyclic) bond motifs is 1. The van der Waals surface area contributed by atoms with Gasteiger partial charge in [0.15, 0.2) is 0 Å². The highest BCUT2D eigenvalue weighted by Crippen LogP contribution is 2.22. The second-order valence-electron chi connectivity index (χ2n) is 3.36. The molecule has 1 aromatic rings. The molecule has 1 N–H and O–H groups in total. The largest absolute Gasteiger partial charge is 0.396 e. The Bertz CT molecular complexity index is 446. The molecule has 1 aliphatic rings. The van der Waals surface area contributed by atoms with Crippen molar-refractivity contribution in [1.29, 1.82) is 0 Å². The Kier molecular flexibility index (Phi) is 2.54. The molecule has 0 saturated heterocycles. The molecule has 0 aliphatic carbocycles. The monoisotopic (exact) mass is 219 g/mol. The molecule has 0 fully saturated rings. The summed E-state index contributed by atoms with van der Waals surface area (Å²) in [5, 5.41) is 8.62. The van der Waals surface area contributed by atoms with E-state index in [4.69, 9.17) is 5.11 Å². The Morgan fingerprint density at radius 1 is 1.12 bits per heavy atom. The number of aliphatic hydroxyl groups excluding tert-OH is 1. The molecule has 3 amide bonds. The van der Waals surface area contributed by atoms with E-state index in [0.29, 0.717) is 4.90 Å². The van der Waals surface area contributed by atoms with Crippen LogP contribution < -0.4 is 0 Å². The summed E-state index contributed by atoms with van der Waals surface area (Å²) < 4.78 is 0. The standard InChI is InChI=1S/C11H9NO4/c13-6-5-9(14)12-10(15)7-3-1-2-4-8(7)11(12)16/h1-4,13H,5-6H2. The van der Waals surface area contributed by atoms with Gasteiger partial charge in [-0.05, 0) is 12.1 Å². The Morgan fingerprint density at radius 2 is 1.62 bits per heavy atom. The van der Waals surface area contributed by atoms with E-state index in [1.165, 1.54) is 12.1 Å². The molecule has 0 unspecified atom stereocenters. The minimum absolute atomic E-state index is 0.231. The molecule has 82 valence electrons. The number of carbonyl (C=O) groups is 3. The van der Waals surface area contributed by atoms with Gasteiger partial charge in [0.25, 0.3) is 11.8 Å². The highest BCUT2D eigenvalue weighted by atomic mass is 16.3. The molecular formula is C11H9NO4. The number of carbonyl (C=O) groups excluding carboxylic acids is 3. The van der Waals surface area contributed by atoms with Gasteiger partial charge in [0.1, 0.15) is 0 Å². The first-order chi connectivity index (χ1) is 7.66. The lowest BCUT2D eigenvalue weighted by Crippen LogP contribution is -2.36. The van der Waals surface area contributed by atoms with Crippen LogP contribution in [0.15, 0.2) is 24.3 Å². The average molecular weight is 219 g/mol. The van der Waals surface area contributed by atoms with Crippen LogP contribution in [0.4, 0.5) is 0 Å². The molecule has 1 heterocycles. The van der Waals surface area contributed by atoms with E-state index in [1.807, 2.05) is 0 Å². The summed E-state index contributed by atoms with van der Waals surface area (Å²) in [7, 11) is 0. The van der Waals surface area contributed by atoms with Gasteiger partial charge in [0.2, 0.25) is 5.91 Å². The molecule has 5 heteroatoms.